The maximum Gasteiger partial charge on any atom is 0.252 e. The first-order valence-corrected chi connectivity index (χ1v) is 7.89. The van der Waals surface area contributed by atoms with E-state index >= 15 is 0 Å². The SMILES string of the molecule is CCCCCC(C)NC(=O)c1ccc(Br)cc1Br. The Labute approximate surface area is 126 Å². The van der Waals surface area contributed by atoms with Crippen LogP contribution in [0.1, 0.15) is 49.9 Å². The molecule has 1 aromatic rings. The summed E-state index contributed by atoms with van der Waals surface area (Å²) in [4.78, 5) is 12.1. The average molecular weight is 377 g/mol. The summed E-state index contributed by atoms with van der Waals surface area (Å²) in [5.74, 6) is -0.0154. The van der Waals surface area contributed by atoms with Crippen molar-refractivity contribution in [3.63, 3.8) is 0 Å². The number of nitrogens with one attached hydrogen (secondary N) is 1. The van der Waals surface area contributed by atoms with Crippen molar-refractivity contribution in [2.45, 2.75) is 45.6 Å². The highest BCUT2D eigenvalue weighted by Crippen LogP contribution is 2.22. The maximum absolute atomic E-state index is 12.1. The zero-order chi connectivity index (χ0) is 13.5. The first-order valence-electron chi connectivity index (χ1n) is 6.30. The van der Waals surface area contributed by atoms with E-state index in [4.69, 9.17) is 0 Å². The van der Waals surface area contributed by atoms with Gasteiger partial charge in [-0.1, -0.05) is 42.1 Å². The molecule has 1 aromatic carbocycles. The Bertz CT molecular complexity index is 407. The van der Waals surface area contributed by atoms with Crippen LogP contribution in [0.5, 0.6) is 0 Å². The molecule has 0 aliphatic rings. The van der Waals surface area contributed by atoms with E-state index in [0.29, 0.717) is 5.56 Å². The number of unbranched alkanes of at least 4 members (excludes halogenated alkanes) is 2. The van der Waals surface area contributed by atoms with Crippen LogP contribution in [0.4, 0.5) is 0 Å². The van der Waals surface area contributed by atoms with Crippen LogP contribution in [-0.4, -0.2) is 11.9 Å². The summed E-state index contributed by atoms with van der Waals surface area (Å²) in [5.41, 5.74) is 0.681. The monoisotopic (exact) mass is 375 g/mol. The van der Waals surface area contributed by atoms with Crippen molar-refractivity contribution in [2.24, 2.45) is 0 Å². The molecule has 1 atom stereocenters. The minimum Gasteiger partial charge on any atom is -0.350 e. The summed E-state index contributed by atoms with van der Waals surface area (Å²) in [6, 6.07) is 5.81. The van der Waals surface area contributed by atoms with Gasteiger partial charge in [0.15, 0.2) is 0 Å². The van der Waals surface area contributed by atoms with Crippen molar-refractivity contribution in [1.82, 2.24) is 5.32 Å². The van der Waals surface area contributed by atoms with Crippen molar-refractivity contribution >= 4 is 37.8 Å². The zero-order valence-electron chi connectivity index (χ0n) is 10.8. The quantitative estimate of drug-likeness (QED) is 0.702. The molecule has 0 saturated carbocycles. The molecule has 1 rings (SSSR count). The molecule has 4 heteroatoms. The van der Waals surface area contributed by atoms with E-state index in [9.17, 15) is 4.79 Å². The van der Waals surface area contributed by atoms with Crippen LogP contribution >= 0.6 is 31.9 Å². The fourth-order valence-electron chi connectivity index (χ4n) is 1.75. The number of amides is 1. The van der Waals surface area contributed by atoms with E-state index in [2.05, 4.69) is 51.0 Å². The zero-order valence-corrected chi connectivity index (χ0v) is 14.0. The molecule has 100 valence electrons. The maximum atomic E-state index is 12.1. The van der Waals surface area contributed by atoms with Gasteiger partial charge in [-0.3, -0.25) is 4.79 Å². The van der Waals surface area contributed by atoms with Crippen LogP contribution in [0, 0.1) is 0 Å². The van der Waals surface area contributed by atoms with Crippen LogP contribution < -0.4 is 5.32 Å². The lowest BCUT2D eigenvalue weighted by molar-refractivity contribution is 0.0937. The molecule has 0 spiro atoms. The minimum absolute atomic E-state index is 0.0154. The number of hydrogen-bond donors (Lipinski definition) is 1. The Balaban J connectivity index is 2.54. The van der Waals surface area contributed by atoms with Gasteiger partial charge in [0.25, 0.3) is 5.91 Å². The molecule has 0 fully saturated rings. The molecule has 0 saturated heterocycles. The van der Waals surface area contributed by atoms with Gasteiger partial charge in [-0.15, -0.1) is 0 Å². The van der Waals surface area contributed by atoms with Crippen LogP contribution in [0.3, 0.4) is 0 Å². The van der Waals surface area contributed by atoms with Gasteiger partial charge in [0.2, 0.25) is 0 Å². The second kappa shape index (κ2) is 7.95. The summed E-state index contributed by atoms with van der Waals surface area (Å²) >= 11 is 6.79. The number of benzene rings is 1. The first kappa shape index (κ1) is 15.7. The van der Waals surface area contributed by atoms with E-state index in [1.54, 1.807) is 0 Å². The van der Waals surface area contributed by atoms with Gasteiger partial charge in [-0.2, -0.15) is 0 Å². The van der Waals surface area contributed by atoms with Gasteiger partial charge < -0.3 is 5.32 Å². The Morgan fingerprint density at radius 2 is 2.06 bits per heavy atom. The highest BCUT2D eigenvalue weighted by molar-refractivity contribution is 9.11. The number of rotatable bonds is 6. The summed E-state index contributed by atoms with van der Waals surface area (Å²) in [5, 5.41) is 3.03. The largest absolute Gasteiger partial charge is 0.350 e. The summed E-state index contributed by atoms with van der Waals surface area (Å²) in [6.07, 6.45) is 4.63. The number of halogens is 2. The van der Waals surface area contributed by atoms with Gasteiger partial charge in [-0.05, 0) is 47.5 Å². The molecule has 2 nitrogen and oxygen atoms in total. The van der Waals surface area contributed by atoms with Crippen molar-refractivity contribution in [1.29, 1.82) is 0 Å². The van der Waals surface area contributed by atoms with Crippen LogP contribution in [0.15, 0.2) is 27.1 Å². The third kappa shape index (κ3) is 5.11. The van der Waals surface area contributed by atoms with Gasteiger partial charge in [0, 0.05) is 15.0 Å². The molecular weight excluding hydrogens is 358 g/mol. The van der Waals surface area contributed by atoms with E-state index in [1.165, 1.54) is 19.3 Å². The minimum atomic E-state index is -0.0154. The molecule has 0 radical (unpaired) electrons. The Kier molecular flexibility index (Phi) is 6.94. The van der Waals surface area contributed by atoms with E-state index in [1.807, 2.05) is 18.2 Å². The Morgan fingerprint density at radius 1 is 1.33 bits per heavy atom. The van der Waals surface area contributed by atoms with Crippen molar-refractivity contribution in [3.05, 3.63) is 32.7 Å². The van der Waals surface area contributed by atoms with Gasteiger partial charge >= 0.3 is 0 Å². The fraction of sp³-hybridized carbons (Fsp3) is 0.500. The average Bonchev–Trinajstić information content (AvgIpc) is 2.28. The third-order valence-corrected chi connectivity index (χ3v) is 3.94. The lowest BCUT2D eigenvalue weighted by Gasteiger charge is -2.14. The predicted molar refractivity (Wildman–Crippen MR) is 82.9 cm³/mol. The molecule has 0 bridgehead atoms. The number of hydrogen-bond acceptors (Lipinski definition) is 1. The molecule has 18 heavy (non-hydrogen) atoms. The van der Waals surface area contributed by atoms with E-state index < -0.39 is 0 Å². The number of carbonyl (C=O) groups excluding carboxylic acids is 1. The normalized spacial score (nSPS) is 12.2. The highest BCUT2D eigenvalue weighted by Gasteiger charge is 2.12. The standard InChI is InChI=1S/C14H19Br2NO/c1-3-4-5-6-10(2)17-14(18)12-8-7-11(15)9-13(12)16/h7-10H,3-6H2,1-2H3,(H,17,18). The predicted octanol–water partition coefficient (Wildman–Crippen LogP) is 4.91. The molecule has 1 amide bonds. The Morgan fingerprint density at radius 3 is 2.67 bits per heavy atom. The smallest absolute Gasteiger partial charge is 0.252 e. The fourth-order valence-corrected chi connectivity index (χ4v) is 2.97. The molecular formula is C14H19Br2NO. The van der Waals surface area contributed by atoms with Crippen molar-refractivity contribution < 1.29 is 4.79 Å². The van der Waals surface area contributed by atoms with E-state index in [0.717, 1.165) is 15.4 Å². The summed E-state index contributed by atoms with van der Waals surface area (Å²) in [7, 11) is 0. The van der Waals surface area contributed by atoms with Gasteiger partial charge in [-0.25, -0.2) is 0 Å². The second-order valence-electron chi connectivity index (χ2n) is 4.49. The lowest BCUT2D eigenvalue weighted by Crippen LogP contribution is -2.32. The number of carbonyl (C=O) groups is 1. The lowest BCUT2D eigenvalue weighted by atomic mass is 10.1. The van der Waals surface area contributed by atoms with Gasteiger partial charge in [0.1, 0.15) is 0 Å². The van der Waals surface area contributed by atoms with E-state index in [-0.39, 0.29) is 11.9 Å². The van der Waals surface area contributed by atoms with Crippen molar-refractivity contribution in [2.75, 3.05) is 0 Å². The highest BCUT2D eigenvalue weighted by atomic mass is 79.9. The van der Waals surface area contributed by atoms with Crippen LogP contribution in [-0.2, 0) is 0 Å². The Hall–Kier alpha value is -0.350. The first-order chi connectivity index (χ1) is 8.54. The topological polar surface area (TPSA) is 29.1 Å². The molecule has 1 unspecified atom stereocenters. The van der Waals surface area contributed by atoms with Crippen molar-refractivity contribution in [3.8, 4) is 0 Å². The van der Waals surface area contributed by atoms with Crippen LogP contribution in [0.25, 0.3) is 0 Å². The van der Waals surface area contributed by atoms with Crippen LogP contribution in [0.2, 0.25) is 0 Å². The second-order valence-corrected chi connectivity index (χ2v) is 6.26. The summed E-state index contributed by atoms with van der Waals surface area (Å²) < 4.78 is 1.78. The molecule has 0 aromatic heterocycles. The molecule has 0 aliphatic heterocycles. The molecule has 0 aliphatic carbocycles. The molecule has 0 heterocycles. The molecule has 1 N–H and O–H groups in total. The summed E-state index contributed by atoms with van der Waals surface area (Å²) in [6.45, 7) is 4.24. The van der Waals surface area contributed by atoms with Gasteiger partial charge in [0.05, 0.1) is 5.56 Å². The third-order valence-electron chi connectivity index (χ3n) is 2.79.